The zero-order valence-electron chi connectivity index (χ0n) is 25.4. The second kappa shape index (κ2) is 10.8. The summed E-state index contributed by atoms with van der Waals surface area (Å²) in [4.78, 5) is 15.1. The Kier molecular flexibility index (Phi) is 7.96. The van der Waals surface area contributed by atoms with Crippen LogP contribution in [0.3, 0.4) is 0 Å². The van der Waals surface area contributed by atoms with Crippen LogP contribution < -0.4 is 10.5 Å². The van der Waals surface area contributed by atoms with Crippen molar-refractivity contribution in [2.45, 2.75) is 95.7 Å². The van der Waals surface area contributed by atoms with Gasteiger partial charge in [0.05, 0.1) is 28.8 Å². The molecule has 3 aromatic rings. The normalized spacial score (nSPS) is 18.3. The Labute approximate surface area is 247 Å². The Morgan fingerprint density at radius 1 is 1.02 bits per heavy atom. The summed E-state index contributed by atoms with van der Waals surface area (Å²) in [6.07, 6.45) is 2.09. The number of halogens is 2. The van der Waals surface area contributed by atoms with E-state index >= 15 is 8.78 Å². The monoisotopic (exact) mass is 618 g/mol. The van der Waals surface area contributed by atoms with Crippen LogP contribution in [0.15, 0.2) is 40.0 Å². The van der Waals surface area contributed by atoms with E-state index in [9.17, 15) is 13.2 Å². The molecule has 1 saturated carbocycles. The van der Waals surface area contributed by atoms with Crippen molar-refractivity contribution in [3.63, 3.8) is 0 Å². The lowest BCUT2D eigenvalue weighted by atomic mass is 10.0. The smallest absolute Gasteiger partial charge is 0.297 e. The number of nitrogens with zero attached hydrogens (tertiary/aromatic N) is 2. The van der Waals surface area contributed by atoms with Gasteiger partial charge in [-0.15, -0.1) is 0 Å². The molecule has 0 unspecified atom stereocenters. The quantitative estimate of drug-likeness (QED) is 0.206. The second-order valence-corrected chi connectivity index (χ2v) is 19.6. The summed E-state index contributed by atoms with van der Waals surface area (Å²) in [6, 6.07) is 7.18. The van der Waals surface area contributed by atoms with Crippen LogP contribution in [0.1, 0.15) is 62.8 Å². The Balaban J connectivity index is 1.55. The predicted molar refractivity (Wildman–Crippen MR) is 163 cm³/mol. The van der Waals surface area contributed by atoms with Crippen LogP contribution in [0.2, 0.25) is 18.1 Å². The molecule has 228 valence electrons. The molecule has 2 aliphatic rings. The summed E-state index contributed by atoms with van der Waals surface area (Å²) < 4.78 is 71.3. The van der Waals surface area contributed by atoms with Gasteiger partial charge in [-0.2, -0.15) is 8.42 Å². The summed E-state index contributed by atoms with van der Waals surface area (Å²) in [6.45, 7) is 14.7. The molecule has 2 fully saturated rings. The van der Waals surface area contributed by atoms with Crippen molar-refractivity contribution in [1.29, 1.82) is 0 Å². The van der Waals surface area contributed by atoms with Crippen LogP contribution >= 0.6 is 0 Å². The van der Waals surface area contributed by atoms with Gasteiger partial charge in [0.15, 0.2) is 20.0 Å². The predicted octanol–water partition coefficient (Wildman–Crippen LogP) is 6.74. The lowest BCUT2D eigenvalue weighted by Gasteiger charge is -2.38. The molecular formula is C31H40F2N2O5SSi. The van der Waals surface area contributed by atoms with Crippen molar-refractivity contribution in [1.82, 2.24) is 4.57 Å². The summed E-state index contributed by atoms with van der Waals surface area (Å²) >= 11 is 0. The van der Waals surface area contributed by atoms with Gasteiger partial charge in [0, 0.05) is 36.1 Å². The van der Waals surface area contributed by atoms with E-state index in [2.05, 4.69) is 33.9 Å². The second-order valence-electron chi connectivity index (χ2n) is 13.2. The molecule has 0 amide bonds. The van der Waals surface area contributed by atoms with Gasteiger partial charge in [0.1, 0.15) is 0 Å². The molecule has 2 heterocycles. The standard InChI is InChI=1S/C31H40F2N2O5SSi/c1-19-8-12-24(13-9-19)41(37,38)39-18-21-16-25(36)35(22-10-11-22)29-20(2)30(28(33)27(32)26(21)29)34-15-14-23(17-34)40-42(6,7)31(3,4)5/h8-9,12-13,16,22-23H,10-11,14-15,17-18H2,1-7H3/t23-/m0/s1. The molecule has 0 spiro atoms. The van der Waals surface area contributed by atoms with Crippen LogP contribution in [-0.2, 0) is 25.3 Å². The fraction of sp³-hybridized carbons (Fsp3) is 0.516. The summed E-state index contributed by atoms with van der Waals surface area (Å²) in [5.74, 6) is -2.13. The third-order valence-electron chi connectivity index (χ3n) is 8.98. The molecule has 1 atom stereocenters. The Bertz CT molecular complexity index is 1690. The zero-order valence-corrected chi connectivity index (χ0v) is 27.2. The van der Waals surface area contributed by atoms with E-state index in [1.54, 1.807) is 19.1 Å². The number of aromatic nitrogens is 1. The molecule has 0 bridgehead atoms. The van der Waals surface area contributed by atoms with E-state index in [-0.39, 0.29) is 38.7 Å². The first-order valence-corrected chi connectivity index (χ1v) is 18.8. The number of fused-ring (bicyclic) bond motifs is 1. The van der Waals surface area contributed by atoms with Gasteiger partial charge >= 0.3 is 0 Å². The van der Waals surface area contributed by atoms with E-state index in [4.69, 9.17) is 8.61 Å². The number of anilines is 1. The fourth-order valence-electron chi connectivity index (χ4n) is 5.50. The van der Waals surface area contributed by atoms with Gasteiger partial charge in [0.2, 0.25) is 0 Å². The van der Waals surface area contributed by atoms with Crippen molar-refractivity contribution in [2.24, 2.45) is 0 Å². The molecule has 1 aliphatic heterocycles. The van der Waals surface area contributed by atoms with Crippen molar-refractivity contribution < 1.29 is 25.8 Å². The van der Waals surface area contributed by atoms with Crippen molar-refractivity contribution in [3.05, 3.63) is 69.0 Å². The van der Waals surface area contributed by atoms with Gasteiger partial charge in [-0.3, -0.25) is 8.98 Å². The highest BCUT2D eigenvalue weighted by atomic mass is 32.2. The molecular weight excluding hydrogens is 578 g/mol. The van der Waals surface area contributed by atoms with Crippen molar-refractivity contribution in [3.8, 4) is 0 Å². The molecule has 0 N–H and O–H groups in total. The molecule has 11 heteroatoms. The van der Waals surface area contributed by atoms with Gasteiger partial charge in [-0.1, -0.05) is 38.5 Å². The molecule has 1 aromatic heterocycles. The maximum atomic E-state index is 16.1. The van der Waals surface area contributed by atoms with E-state index in [1.807, 2.05) is 11.8 Å². The van der Waals surface area contributed by atoms with Gasteiger partial charge in [0.25, 0.3) is 15.7 Å². The molecule has 2 aromatic carbocycles. The molecule has 7 nitrogen and oxygen atoms in total. The number of rotatable bonds is 8. The van der Waals surface area contributed by atoms with Crippen LogP contribution in [0.4, 0.5) is 14.5 Å². The molecule has 0 radical (unpaired) electrons. The third kappa shape index (κ3) is 5.68. The minimum absolute atomic E-state index is 0.00537. The number of aryl methyl sites for hydroxylation is 2. The lowest BCUT2D eigenvalue weighted by Crippen LogP contribution is -2.44. The summed E-state index contributed by atoms with van der Waals surface area (Å²) in [5, 5.41) is -0.102. The number of benzene rings is 2. The van der Waals surface area contributed by atoms with Crippen LogP contribution in [0.5, 0.6) is 0 Å². The highest BCUT2D eigenvalue weighted by Gasteiger charge is 2.41. The van der Waals surface area contributed by atoms with Crippen LogP contribution in [0.25, 0.3) is 10.9 Å². The van der Waals surface area contributed by atoms with Gasteiger partial charge < -0.3 is 13.9 Å². The largest absolute Gasteiger partial charge is 0.412 e. The minimum Gasteiger partial charge on any atom is -0.412 e. The number of hydrogen-bond acceptors (Lipinski definition) is 6. The van der Waals surface area contributed by atoms with Gasteiger partial charge in [-0.05, 0) is 68.9 Å². The highest BCUT2D eigenvalue weighted by Crippen LogP contribution is 2.43. The van der Waals surface area contributed by atoms with Crippen molar-refractivity contribution >= 4 is 35.0 Å². The summed E-state index contributed by atoms with van der Waals surface area (Å²) in [7, 11) is -6.27. The Morgan fingerprint density at radius 3 is 2.26 bits per heavy atom. The maximum absolute atomic E-state index is 16.1. The van der Waals surface area contributed by atoms with E-state index in [0.29, 0.717) is 30.6 Å². The molecule has 42 heavy (non-hydrogen) atoms. The average molecular weight is 619 g/mol. The maximum Gasteiger partial charge on any atom is 0.297 e. The molecule has 5 rings (SSSR count). The topological polar surface area (TPSA) is 77.8 Å². The Hall–Kier alpha value is -2.60. The molecule has 1 aliphatic carbocycles. The van der Waals surface area contributed by atoms with Gasteiger partial charge in [-0.25, -0.2) is 8.78 Å². The summed E-state index contributed by atoms with van der Waals surface area (Å²) in [5.41, 5.74) is 1.35. The number of hydrogen-bond donors (Lipinski definition) is 0. The van der Waals surface area contributed by atoms with Crippen LogP contribution in [-0.4, -0.2) is 40.5 Å². The first kappa shape index (κ1) is 30.8. The van der Waals surface area contributed by atoms with E-state index in [0.717, 1.165) is 18.4 Å². The SMILES string of the molecule is Cc1ccc(S(=O)(=O)OCc2cc(=O)n(C3CC3)c3c(C)c(N4CC[C@H](O[Si](C)(C)C(C)(C)C)C4)c(F)c(F)c23)cc1. The molecule has 1 saturated heterocycles. The first-order chi connectivity index (χ1) is 19.5. The average Bonchev–Trinajstić information content (AvgIpc) is 3.64. The highest BCUT2D eigenvalue weighted by molar-refractivity contribution is 7.86. The lowest BCUT2D eigenvalue weighted by molar-refractivity contribution is 0.202. The number of pyridine rings is 1. The third-order valence-corrected chi connectivity index (χ3v) is 14.8. The van der Waals surface area contributed by atoms with Crippen molar-refractivity contribution in [2.75, 3.05) is 18.0 Å². The minimum atomic E-state index is -4.20. The zero-order chi connectivity index (χ0) is 30.8. The Morgan fingerprint density at radius 2 is 1.67 bits per heavy atom. The first-order valence-electron chi connectivity index (χ1n) is 14.5. The fourth-order valence-corrected chi connectivity index (χ4v) is 7.76. The van der Waals surface area contributed by atoms with E-state index < -0.39 is 42.2 Å². The van der Waals surface area contributed by atoms with Crippen LogP contribution in [0, 0.1) is 25.5 Å². The van der Waals surface area contributed by atoms with E-state index in [1.165, 1.54) is 22.8 Å².